The van der Waals surface area contributed by atoms with Gasteiger partial charge in [-0.1, -0.05) is 37.6 Å². The van der Waals surface area contributed by atoms with E-state index in [9.17, 15) is 8.78 Å². The summed E-state index contributed by atoms with van der Waals surface area (Å²) in [7, 11) is 0. The van der Waals surface area contributed by atoms with Gasteiger partial charge in [0, 0.05) is 12.1 Å². The summed E-state index contributed by atoms with van der Waals surface area (Å²) in [6.45, 7) is 2.13. The summed E-state index contributed by atoms with van der Waals surface area (Å²) in [6, 6.07) is 11.5. The predicted octanol–water partition coefficient (Wildman–Crippen LogP) is 3.66. The number of aryl methyl sites for hydroxylation is 1. The lowest BCUT2D eigenvalue weighted by molar-refractivity contribution is 0.539. The molecule has 1 unspecified atom stereocenters. The Morgan fingerprint density at radius 3 is 2.38 bits per heavy atom. The van der Waals surface area contributed by atoms with Gasteiger partial charge in [0.15, 0.2) is 0 Å². The van der Waals surface area contributed by atoms with Gasteiger partial charge in [0.05, 0.1) is 0 Å². The Labute approximate surface area is 124 Å². The maximum atomic E-state index is 13.3. The summed E-state index contributed by atoms with van der Waals surface area (Å²) in [6.07, 6.45) is 2.50. The molecule has 0 aliphatic heterocycles. The average molecular weight is 290 g/mol. The largest absolute Gasteiger partial charge is 0.271 e. The molecule has 21 heavy (non-hydrogen) atoms. The Morgan fingerprint density at radius 1 is 1.05 bits per heavy atom. The highest BCUT2D eigenvalue weighted by Crippen LogP contribution is 2.20. The van der Waals surface area contributed by atoms with E-state index in [4.69, 9.17) is 5.84 Å². The van der Waals surface area contributed by atoms with Crippen molar-refractivity contribution in [1.82, 2.24) is 5.43 Å². The molecule has 2 aromatic rings. The van der Waals surface area contributed by atoms with Crippen molar-refractivity contribution < 1.29 is 8.78 Å². The number of rotatable bonds is 6. The second-order valence-corrected chi connectivity index (χ2v) is 5.20. The van der Waals surface area contributed by atoms with Gasteiger partial charge in [-0.15, -0.1) is 0 Å². The van der Waals surface area contributed by atoms with E-state index in [1.165, 1.54) is 17.7 Å². The van der Waals surface area contributed by atoms with E-state index in [-0.39, 0.29) is 6.04 Å². The van der Waals surface area contributed by atoms with Gasteiger partial charge in [-0.2, -0.15) is 0 Å². The number of hydrogen-bond acceptors (Lipinski definition) is 2. The van der Waals surface area contributed by atoms with Crippen molar-refractivity contribution in [3.8, 4) is 0 Å². The SMILES string of the molecule is CCCc1cccc(C(Cc2cc(F)cc(F)c2)NN)c1. The van der Waals surface area contributed by atoms with Crippen LogP contribution in [0.15, 0.2) is 42.5 Å². The van der Waals surface area contributed by atoms with Crippen LogP contribution in [0.3, 0.4) is 0 Å². The molecular weight excluding hydrogens is 270 g/mol. The second-order valence-electron chi connectivity index (χ2n) is 5.20. The summed E-state index contributed by atoms with van der Waals surface area (Å²) in [5.41, 5.74) is 5.57. The van der Waals surface area contributed by atoms with Crippen LogP contribution in [-0.2, 0) is 12.8 Å². The summed E-state index contributed by atoms with van der Waals surface area (Å²) in [4.78, 5) is 0. The molecule has 0 bridgehead atoms. The fourth-order valence-electron chi connectivity index (χ4n) is 2.49. The monoisotopic (exact) mass is 290 g/mol. The van der Waals surface area contributed by atoms with E-state index >= 15 is 0 Å². The van der Waals surface area contributed by atoms with Crippen molar-refractivity contribution in [3.63, 3.8) is 0 Å². The van der Waals surface area contributed by atoms with Crippen LogP contribution < -0.4 is 11.3 Å². The third-order valence-electron chi connectivity index (χ3n) is 3.46. The standard InChI is InChI=1S/C17H20F2N2/c1-2-4-12-5-3-6-14(7-12)17(21-20)10-13-8-15(18)11-16(19)9-13/h3,5-9,11,17,21H,2,4,10,20H2,1H3. The minimum atomic E-state index is -0.569. The topological polar surface area (TPSA) is 38.0 Å². The summed E-state index contributed by atoms with van der Waals surface area (Å²) in [5.74, 6) is 4.48. The normalized spacial score (nSPS) is 12.4. The van der Waals surface area contributed by atoms with Gasteiger partial charge in [-0.3, -0.25) is 11.3 Å². The number of hydrazine groups is 1. The van der Waals surface area contributed by atoms with Crippen LogP contribution in [0.5, 0.6) is 0 Å². The summed E-state index contributed by atoms with van der Waals surface area (Å²) in [5, 5.41) is 0. The molecule has 0 radical (unpaired) electrons. The van der Waals surface area contributed by atoms with Crippen molar-refractivity contribution >= 4 is 0 Å². The zero-order valence-electron chi connectivity index (χ0n) is 12.1. The molecule has 0 amide bonds. The van der Waals surface area contributed by atoms with Crippen molar-refractivity contribution in [2.75, 3.05) is 0 Å². The second kappa shape index (κ2) is 7.29. The highest BCUT2D eigenvalue weighted by Gasteiger charge is 2.12. The van der Waals surface area contributed by atoms with Gasteiger partial charge in [-0.05, 0) is 41.7 Å². The molecule has 0 fully saturated rings. The Morgan fingerprint density at radius 2 is 1.76 bits per heavy atom. The van der Waals surface area contributed by atoms with Gasteiger partial charge >= 0.3 is 0 Å². The van der Waals surface area contributed by atoms with E-state index in [1.807, 2.05) is 12.1 Å². The fraction of sp³-hybridized carbons (Fsp3) is 0.294. The Balaban J connectivity index is 2.21. The summed E-state index contributed by atoms with van der Waals surface area (Å²) >= 11 is 0. The van der Waals surface area contributed by atoms with Crippen LogP contribution in [0.1, 0.15) is 36.1 Å². The average Bonchev–Trinajstić information content (AvgIpc) is 2.44. The lowest BCUT2D eigenvalue weighted by atomic mass is 9.97. The van der Waals surface area contributed by atoms with Crippen molar-refractivity contribution in [2.45, 2.75) is 32.2 Å². The van der Waals surface area contributed by atoms with Gasteiger partial charge in [0.25, 0.3) is 0 Å². The maximum absolute atomic E-state index is 13.3. The molecule has 0 saturated heterocycles. The van der Waals surface area contributed by atoms with Crippen molar-refractivity contribution in [2.24, 2.45) is 5.84 Å². The molecule has 3 N–H and O–H groups in total. The van der Waals surface area contributed by atoms with E-state index in [0.29, 0.717) is 12.0 Å². The molecule has 4 heteroatoms. The lowest BCUT2D eigenvalue weighted by Gasteiger charge is -2.17. The molecule has 0 aromatic heterocycles. The van der Waals surface area contributed by atoms with Gasteiger partial charge in [-0.25, -0.2) is 8.78 Å². The first-order valence-corrected chi connectivity index (χ1v) is 7.12. The Bertz CT molecular complexity index is 579. The summed E-state index contributed by atoms with van der Waals surface area (Å²) < 4.78 is 26.5. The number of nitrogens with one attached hydrogen (secondary N) is 1. The van der Waals surface area contributed by atoms with Crippen molar-refractivity contribution in [3.05, 3.63) is 70.8 Å². The van der Waals surface area contributed by atoms with Crippen LogP contribution in [0.2, 0.25) is 0 Å². The molecule has 0 aliphatic carbocycles. The quantitative estimate of drug-likeness (QED) is 0.629. The third kappa shape index (κ3) is 4.34. The van der Waals surface area contributed by atoms with Crippen molar-refractivity contribution in [1.29, 1.82) is 0 Å². The van der Waals surface area contributed by atoms with Gasteiger partial charge in [0.1, 0.15) is 11.6 Å². The third-order valence-corrected chi connectivity index (χ3v) is 3.46. The highest BCUT2D eigenvalue weighted by atomic mass is 19.1. The molecule has 0 saturated carbocycles. The molecule has 0 heterocycles. The first kappa shape index (κ1) is 15.6. The fourth-order valence-corrected chi connectivity index (χ4v) is 2.49. The molecule has 0 aliphatic rings. The van der Waals surface area contributed by atoms with Crippen LogP contribution in [-0.4, -0.2) is 0 Å². The predicted molar refractivity (Wildman–Crippen MR) is 80.6 cm³/mol. The molecule has 112 valence electrons. The molecule has 0 spiro atoms. The van der Waals surface area contributed by atoms with Crippen LogP contribution in [0.25, 0.3) is 0 Å². The van der Waals surface area contributed by atoms with E-state index < -0.39 is 11.6 Å². The lowest BCUT2D eigenvalue weighted by Crippen LogP contribution is -2.29. The van der Waals surface area contributed by atoms with Gasteiger partial charge in [0.2, 0.25) is 0 Å². The Kier molecular flexibility index (Phi) is 5.42. The zero-order chi connectivity index (χ0) is 15.2. The molecule has 2 nitrogen and oxygen atoms in total. The highest BCUT2D eigenvalue weighted by molar-refractivity contribution is 5.28. The Hall–Kier alpha value is -1.78. The molecule has 1 atom stereocenters. The molecule has 2 aromatic carbocycles. The van der Waals surface area contributed by atoms with Crippen LogP contribution in [0.4, 0.5) is 8.78 Å². The minimum absolute atomic E-state index is 0.178. The first-order chi connectivity index (χ1) is 10.1. The van der Waals surface area contributed by atoms with E-state index in [0.717, 1.165) is 24.5 Å². The van der Waals surface area contributed by atoms with E-state index in [1.54, 1.807) is 0 Å². The number of benzene rings is 2. The number of hydrogen-bond donors (Lipinski definition) is 2. The van der Waals surface area contributed by atoms with Gasteiger partial charge < -0.3 is 0 Å². The first-order valence-electron chi connectivity index (χ1n) is 7.12. The smallest absolute Gasteiger partial charge is 0.126 e. The zero-order valence-corrected chi connectivity index (χ0v) is 12.1. The van der Waals surface area contributed by atoms with E-state index in [2.05, 4.69) is 24.5 Å². The van der Waals surface area contributed by atoms with Crippen LogP contribution in [0, 0.1) is 11.6 Å². The van der Waals surface area contributed by atoms with Crippen LogP contribution >= 0.6 is 0 Å². The number of halogens is 2. The minimum Gasteiger partial charge on any atom is -0.271 e. The molecular formula is C17H20F2N2. The number of nitrogens with two attached hydrogens (primary N) is 1. The maximum Gasteiger partial charge on any atom is 0.126 e. The molecule has 2 rings (SSSR count).